The monoisotopic (exact) mass is 1490 g/mol. The van der Waals surface area contributed by atoms with Crippen LogP contribution in [0.25, 0.3) is 0 Å². The molecule has 0 radical (unpaired) electrons. The van der Waals surface area contributed by atoms with E-state index >= 15 is 13.2 Å². The summed E-state index contributed by atoms with van der Waals surface area (Å²) < 4.78 is 258. The highest BCUT2D eigenvalue weighted by Crippen LogP contribution is 2.56. The Morgan fingerprint density at radius 2 is 0.937 bits per heavy atom. The number of carbonyl (C=O) groups is 4. The molecule has 3 amide bonds. The Kier molecular flexibility index (Phi) is 25.8. The number of amides is 3. The molecule has 0 bridgehead atoms. The fourth-order valence-electron chi connectivity index (χ4n) is 8.40. The number of aliphatic hydroxyl groups is 1. The van der Waals surface area contributed by atoms with E-state index in [9.17, 15) is 88.6 Å². The van der Waals surface area contributed by atoms with E-state index in [1.807, 2.05) is 10.6 Å². The van der Waals surface area contributed by atoms with Gasteiger partial charge in [-0.3, -0.25) is 19.2 Å². The van der Waals surface area contributed by atoms with Gasteiger partial charge in [0.25, 0.3) is 34.8 Å². The number of ketones is 1. The summed E-state index contributed by atoms with van der Waals surface area (Å²) in [5.41, 5.74) is -14.9. The third-order valence-corrected chi connectivity index (χ3v) is 17.2. The third kappa shape index (κ3) is 17.9. The maximum Gasteiger partial charge on any atom is 0.431 e. The summed E-state index contributed by atoms with van der Waals surface area (Å²) >= 11 is 20.5. The molecule has 0 spiro atoms. The lowest BCUT2D eigenvalue weighted by Crippen LogP contribution is -2.42. The predicted molar refractivity (Wildman–Crippen MR) is 322 cm³/mol. The summed E-state index contributed by atoms with van der Waals surface area (Å²) in [6.07, 6.45) is -11.3. The van der Waals surface area contributed by atoms with Gasteiger partial charge in [0.2, 0.25) is 5.60 Å². The molecular formula is C59H40Cl4F18N4O7S3. The highest BCUT2D eigenvalue weighted by atomic mass is 35.5. The molecule has 2 heterocycles. The number of alkyl halides is 7. The Bertz CT molecular complexity index is 3770. The zero-order valence-electron chi connectivity index (χ0n) is 47.5. The molecular weight excluding hydrogens is 1460 g/mol. The number of nitrogens with one attached hydrogen (secondary N) is 3. The van der Waals surface area contributed by atoms with Crippen molar-refractivity contribution in [3.8, 4) is 0 Å². The normalized spacial score (nSPS) is 13.2. The van der Waals surface area contributed by atoms with Crippen LogP contribution in [0, 0.1) is 46.5 Å². The van der Waals surface area contributed by atoms with Gasteiger partial charge in [0, 0.05) is 84.0 Å². The van der Waals surface area contributed by atoms with Crippen molar-refractivity contribution in [3.63, 3.8) is 0 Å². The molecule has 2 unspecified atom stereocenters. The molecule has 8 aromatic rings. The van der Waals surface area contributed by atoms with Gasteiger partial charge in [0.05, 0.1) is 56.3 Å². The van der Waals surface area contributed by atoms with Gasteiger partial charge >= 0.3 is 12.4 Å². The van der Waals surface area contributed by atoms with E-state index in [2.05, 4.69) is 14.8 Å². The van der Waals surface area contributed by atoms with E-state index in [4.69, 9.17) is 46.4 Å². The van der Waals surface area contributed by atoms with Crippen molar-refractivity contribution in [1.29, 1.82) is 0 Å². The van der Waals surface area contributed by atoms with E-state index in [0.717, 1.165) is 60.7 Å². The third-order valence-electron chi connectivity index (χ3n) is 13.0. The molecule has 95 heavy (non-hydrogen) atoms. The number of rotatable bonds is 20. The first kappa shape index (κ1) is 76.9. The average Bonchev–Trinajstić information content (AvgIpc) is 1.71. The highest BCUT2D eigenvalue weighted by molar-refractivity contribution is 8.18. The minimum atomic E-state index is -5.39. The Balaban J connectivity index is 0.000000254. The van der Waals surface area contributed by atoms with Crippen molar-refractivity contribution in [2.45, 2.75) is 30.0 Å². The summed E-state index contributed by atoms with van der Waals surface area (Å²) in [5.74, 6) is -16.7. The van der Waals surface area contributed by atoms with Crippen LogP contribution in [0.5, 0.6) is 0 Å². The predicted octanol–water partition coefficient (Wildman–Crippen LogP) is 18.9. The van der Waals surface area contributed by atoms with Crippen LogP contribution in [0.4, 0.5) is 94.6 Å². The number of thiophene rings is 2. The second-order valence-corrected chi connectivity index (χ2v) is 23.9. The van der Waals surface area contributed by atoms with Crippen LogP contribution in [0.2, 0.25) is 20.1 Å². The number of Topliss-reactive ketones (excluding diaryl/α,β-unsaturated/α-hetero) is 1. The number of methoxy groups -OCH3 is 2. The van der Waals surface area contributed by atoms with Crippen molar-refractivity contribution in [2.75, 3.05) is 56.5 Å². The van der Waals surface area contributed by atoms with E-state index < -0.39 is 192 Å². The molecule has 36 heteroatoms. The first-order chi connectivity index (χ1) is 44.3. The van der Waals surface area contributed by atoms with E-state index in [1.54, 1.807) is 0 Å². The smallest absolute Gasteiger partial charge is 0.383 e. The maximum atomic E-state index is 15.6. The van der Waals surface area contributed by atoms with Crippen molar-refractivity contribution in [2.24, 2.45) is 0 Å². The topological polar surface area (TPSA) is 146 Å². The Morgan fingerprint density at radius 1 is 0.526 bits per heavy atom. The fraction of sp³-hybridized carbons (Fsp3) is 0.186. The molecule has 6 aromatic carbocycles. The van der Waals surface area contributed by atoms with Gasteiger partial charge in [-0.2, -0.15) is 30.6 Å². The molecule has 8 rings (SSSR count). The van der Waals surface area contributed by atoms with Crippen LogP contribution >= 0.6 is 80.4 Å². The Labute approximate surface area is 555 Å². The van der Waals surface area contributed by atoms with Gasteiger partial charge in [-0.15, -0.1) is 34.3 Å². The second kappa shape index (κ2) is 31.8. The number of halogens is 22. The second-order valence-electron chi connectivity index (χ2n) is 19.1. The van der Waals surface area contributed by atoms with Gasteiger partial charge in [-0.25, -0.2) is 39.5 Å². The van der Waals surface area contributed by atoms with Crippen molar-refractivity contribution < 1.29 is 111 Å². The number of nitrogens with zero attached hydrogens (tertiary/aromatic N) is 1. The Hall–Kier alpha value is -7.11. The van der Waals surface area contributed by atoms with Crippen LogP contribution in [-0.4, -0.2) is 85.8 Å². The number of carbonyl (C=O) groups excluding carboxylic acids is 4. The SMILES string of the molecule is COCCN(CCOC)S(F)(F)F.O=C(Cc1c(Cl)cc(C(F)(c2cccs2)C(F)(F)F)cc1Cl)c1cccc(NC(=O)c2c(F)cc(F)cc2F)c1F.O=C(Nc1c(Cl)cc(C(O)(c2cccs2)C(F)(F)F)cc1Cl)c1cccc(NC(=O)c2c(F)cc(F)cc2F)c1F. The zero-order valence-corrected chi connectivity index (χ0v) is 52.9. The van der Waals surface area contributed by atoms with Crippen LogP contribution in [0.1, 0.15) is 67.9 Å². The quantitative estimate of drug-likeness (QED) is 0.0436. The van der Waals surface area contributed by atoms with Crippen LogP contribution < -0.4 is 16.0 Å². The van der Waals surface area contributed by atoms with Gasteiger partial charge < -0.3 is 30.5 Å². The lowest BCUT2D eigenvalue weighted by atomic mass is 9.91. The Morgan fingerprint density at radius 3 is 1.33 bits per heavy atom. The van der Waals surface area contributed by atoms with Crippen LogP contribution in [0.3, 0.4) is 0 Å². The number of anilines is 3. The molecule has 510 valence electrons. The molecule has 0 aliphatic carbocycles. The van der Waals surface area contributed by atoms with Crippen LogP contribution in [0.15, 0.2) is 120 Å². The largest absolute Gasteiger partial charge is 0.431 e. The van der Waals surface area contributed by atoms with Gasteiger partial charge in [-0.05, 0) is 77.0 Å². The lowest BCUT2D eigenvalue weighted by Gasteiger charge is -2.30. The molecule has 2 aromatic heterocycles. The summed E-state index contributed by atoms with van der Waals surface area (Å²) in [7, 11) is 2.75. The van der Waals surface area contributed by atoms with E-state index in [1.165, 1.54) is 37.1 Å². The number of ether oxygens (including phenoxy) is 2. The maximum absolute atomic E-state index is 15.6. The minimum absolute atomic E-state index is 0.0796. The standard InChI is InChI=1S/C27H13Cl2F8NO2S.C26H13Cl2F7N2O3S.C6H14F3NO2S/c28-16-7-12(26(34,27(35,36)37)22-5-2-6-41-22)8-17(29)15(16)11-21(39)14-3-1-4-20(24(14)33)38-25(40)23-18(31)9-13(30)10-19(23)32;27-14-7-11(25(40,26(33,34)35)19-5-2-6-41-19)8-15(28)22(14)37-23(38)13-3-1-4-18(21(13)32)36-24(39)20-16(30)9-12(29)10-17(20)31;1-11-5-3-10(4-6-12-2)13(7,8)9/h1-10H,11H2,(H,38,40);1-10,40H,(H,36,39)(H,37,38);3-6H2,1-2H3. The zero-order chi connectivity index (χ0) is 70.9. The summed E-state index contributed by atoms with van der Waals surface area (Å²) in [4.78, 5) is 49.3. The fourth-order valence-corrected chi connectivity index (χ4v) is 11.9. The average molecular weight is 1500 g/mol. The van der Waals surface area contributed by atoms with Crippen LogP contribution in [-0.2, 0) is 27.2 Å². The van der Waals surface area contributed by atoms with E-state index in [0.29, 0.717) is 39.1 Å². The van der Waals surface area contributed by atoms with Crippen molar-refractivity contribution in [1.82, 2.24) is 4.31 Å². The molecule has 0 fully saturated rings. The molecule has 4 N–H and O–H groups in total. The number of benzene rings is 6. The van der Waals surface area contributed by atoms with E-state index in [-0.39, 0.29) is 56.1 Å². The summed E-state index contributed by atoms with van der Waals surface area (Å²) in [6.45, 7) is -0.0934. The molecule has 0 saturated heterocycles. The molecule has 0 aliphatic rings. The molecule has 11 nitrogen and oxygen atoms in total. The van der Waals surface area contributed by atoms with Gasteiger partial charge in [0.1, 0.15) is 46.0 Å². The first-order valence-electron chi connectivity index (χ1n) is 25.9. The highest BCUT2D eigenvalue weighted by Gasteiger charge is 2.60. The summed E-state index contributed by atoms with van der Waals surface area (Å²) in [6, 6.07) is 14.4. The first-order valence-corrected chi connectivity index (χ1v) is 30.5. The van der Waals surface area contributed by atoms with Gasteiger partial charge in [0.15, 0.2) is 17.4 Å². The summed E-state index contributed by atoms with van der Waals surface area (Å²) in [5, 5.41) is 17.1. The van der Waals surface area contributed by atoms with Gasteiger partial charge in [-0.1, -0.05) is 70.7 Å². The molecule has 0 aliphatic heterocycles. The number of hydrogen-bond donors (Lipinski definition) is 4. The van der Waals surface area contributed by atoms with Crippen molar-refractivity contribution in [3.05, 3.63) is 235 Å². The number of hydrogen-bond acceptors (Lipinski definition) is 10. The lowest BCUT2D eigenvalue weighted by molar-refractivity contribution is -0.247. The molecule has 0 saturated carbocycles. The molecule has 2 atom stereocenters. The minimum Gasteiger partial charge on any atom is -0.383 e. The van der Waals surface area contributed by atoms with Crippen molar-refractivity contribution >= 4 is 121 Å².